The Bertz CT molecular complexity index is 753. The normalized spacial score (nSPS) is 19.9. The maximum Gasteiger partial charge on any atom is 0.168 e. The largest absolute Gasteiger partial charge is 0.497 e. The van der Waals surface area contributed by atoms with Gasteiger partial charge in [0.05, 0.1) is 19.7 Å². The molecule has 1 aliphatic carbocycles. The van der Waals surface area contributed by atoms with Gasteiger partial charge in [-0.3, -0.25) is 9.80 Å². The second-order valence-corrected chi connectivity index (χ2v) is 8.33. The van der Waals surface area contributed by atoms with Crippen molar-refractivity contribution in [1.29, 1.82) is 0 Å². The first kappa shape index (κ1) is 23.0. The number of methoxy groups -OCH3 is 1. The molecule has 30 heavy (non-hydrogen) atoms. The number of tetrazole rings is 1. The summed E-state index contributed by atoms with van der Waals surface area (Å²) in [4.78, 5) is 5.30. The van der Waals surface area contributed by atoms with E-state index in [1.54, 1.807) is 7.11 Å². The van der Waals surface area contributed by atoms with Crippen molar-refractivity contribution in [2.75, 3.05) is 33.3 Å². The topological polar surface area (TPSA) is 59.3 Å². The molecule has 1 aromatic carbocycles. The minimum absolute atomic E-state index is 0. The molecule has 2 aromatic rings. The zero-order valence-corrected chi connectivity index (χ0v) is 19.1. The summed E-state index contributed by atoms with van der Waals surface area (Å²) in [6.07, 6.45) is 8.03. The standard InChI is InChI=1S/C22H34N6O.ClH/c1-3-21(27-15-13-26(14-16-27)19-7-5-4-6-8-19)22-23-24-25-28(22)17-18-9-11-20(29-2)12-10-18;/h9-12,19,21H,3-8,13-17H2,1-2H3;1H. The van der Waals surface area contributed by atoms with E-state index in [-0.39, 0.29) is 18.4 Å². The molecule has 0 N–H and O–H groups in total. The molecule has 1 unspecified atom stereocenters. The Morgan fingerprint density at radius 1 is 1.03 bits per heavy atom. The van der Waals surface area contributed by atoms with Gasteiger partial charge in [0, 0.05) is 32.2 Å². The summed E-state index contributed by atoms with van der Waals surface area (Å²) < 4.78 is 7.22. The van der Waals surface area contributed by atoms with Crippen LogP contribution < -0.4 is 4.74 Å². The summed E-state index contributed by atoms with van der Waals surface area (Å²) in [6, 6.07) is 9.22. The highest BCUT2D eigenvalue weighted by Crippen LogP contribution is 2.27. The molecule has 1 saturated carbocycles. The Kier molecular flexibility index (Phi) is 8.48. The lowest BCUT2D eigenvalue weighted by Gasteiger charge is -2.42. The van der Waals surface area contributed by atoms with Crippen LogP contribution in [0, 0.1) is 0 Å². The van der Waals surface area contributed by atoms with E-state index >= 15 is 0 Å². The van der Waals surface area contributed by atoms with Crippen molar-refractivity contribution in [3.8, 4) is 5.75 Å². The monoisotopic (exact) mass is 434 g/mol. The molecule has 0 spiro atoms. The average Bonchev–Trinajstić information content (AvgIpc) is 3.24. The fourth-order valence-corrected chi connectivity index (χ4v) is 4.93. The highest BCUT2D eigenvalue weighted by atomic mass is 35.5. The molecule has 1 saturated heterocycles. The molecule has 1 aromatic heterocycles. The van der Waals surface area contributed by atoms with Gasteiger partial charge in [-0.1, -0.05) is 38.3 Å². The first-order valence-corrected chi connectivity index (χ1v) is 11.2. The molecule has 4 rings (SSSR count). The second kappa shape index (κ2) is 11.1. The van der Waals surface area contributed by atoms with E-state index < -0.39 is 0 Å². The lowest BCUT2D eigenvalue weighted by Crippen LogP contribution is -2.51. The maximum absolute atomic E-state index is 5.26. The van der Waals surface area contributed by atoms with E-state index in [1.807, 2.05) is 16.8 Å². The van der Waals surface area contributed by atoms with Gasteiger partial charge in [0.25, 0.3) is 0 Å². The van der Waals surface area contributed by atoms with Crippen LogP contribution in [0.4, 0.5) is 0 Å². The number of halogens is 1. The molecule has 1 atom stereocenters. The van der Waals surface area contributed by atoms with Crippen molar-refractivity contribution in [1.82, 2.24) is 30.0 Å². The fourth-order valence-electron chi connectivity index (χ4n) is 4.93. The van der Waals surface area contributed by atoms with Crippen molar-refractivity contribution in [3.63, 3.8) is 0 Å². The molecular weight excluding hydrogens is 400 g/mol. The van der Waals surface area contributed by atoms with Gasteiger partial charge < -0.3 is 4.74 Å². The van der Waals surface area contributed by atoms with Crippen molar-refractivity contribution >= 4 is 12.4 Å². The summed E-state index contributed by atoms with van der Waals surface area (Å²) in [6.45, 7) is 7.46. The average molecular weight is 435 g/mol. The summed E-state index contributed by atoms with van der Waals surface area (Å²) in [5.74, 6) is 1.85. The number of rotatable bonds is 7. The van der Waals surface area contributed by atoms with Crippen LogP contribution in [0.1, 0.15) is 62.9 Å². The van der Waals surface area contributed by atoms with Gasteiger partial charge >= 0.3 is 0 Å². The Morgan fingerprint density at radius 2 is 1.73 bits per heavy atom. The minimum Gasteiger partial charge on any atom is -0.497 e. The molecule has 0 radical (unpaired) electrons. The number of piperazine rings is 1. The number of ether oxygens (including phenoxy) is 1. The third kappa shape index (κ3) is 5.31. The Morgan fingerprint density at radius 3 is 2.37 bits per heavy atom. The van der Waals surface area contributed by atoms with Gasteiger partial charge in [0.1, 0.15) is 5.75 Å². The summed E-state index contributed by atoms with van der Waals surface area (Å²) in [5, 5.41) is 12.7. The van der Waals surface area contributed by atoms with E-state index in [9.17, 15) is 0 Å². The predicted molar refractivity (Wildman–Crippen MR) is 120 cm³/mol. The van der Waals surface area contributed by atoms with Gasteiger partial charge in [-0.2, -0.15) is 0 Å². The van der Waals surface area contributed by atoms with Gasteiger partial charge in [-0.25, -0.2) is 4.68 Å². The van der Waals surface area contributed by atoms with Gasteiger partial charge in [-0.05, 0) is 47.4 Å². The Labute approximate surface area is 186 Å². The van der Waals surface area contributed by atoms with Crippen molar-refractivity contribution < 1.29 is 4.74 Å². The van der Waals surface area contributed by atoms with Crippen LogP contribution >= 0.6 is 12.4 Å². The van der Waals surface area contributed by atoms with Crippen LogP contribution in [0.2, 0.25) is 0 Å². The van der Waals surface area contributed by atoms with Crippen LogP contribution in [0.25, 0.3) is 0 Å². The Balaban J connectivity index is 0.00000256. The lowest BCUT2D eigenvalue weighted by atomic mass is 9.93. The fraction of sp³-hybridized carbons (Fsp3) is 0.682. The number of hydrogen-bond donors (Lipinski definition) is 0. The zero-order valence-electron chi connectivity index (χ0n) is 18.2. The van der Waals surface area contributed by atoms with Crippen LogP contribution in [0.3, 0.4) is 0 Å². The number of benzene rings is 1. The molecule has 2 aliphatic rings. The van der Waals surface area contributed by atoms with E-state index in [4.69, 9.17) is 4.74 Å². The molecule has 0 amide bonds. The van der Waals surface area contributed by atoms with E-state index in [0.717, 1.165) is 37.1 Å². The molecule has 0 bridgehead atoms. The molecule has 8 heteroatoms. The Hall–Kier alpha value is -1.70. The molecule has 7 nitrogen and oxygen atoms in total. The minimum atomic E-state index is 0. The van der Waals surface area contributed by atoms with Crippen molar-refractivity contribution in [3.05, 3.63) is 35.7 Å². The molecule has 166 valence electrons. The highest BCUT2D eigenvalue weighted by Gasteiger charge is 2.30. The van der Waals surface area contributed by atoms with Crippen LogP contribution in [0.5, 0.6) is 5.75 Å². The molecular formula is C22H35ClN6O. The van der Waals surface area contributed by atoms with Gasteiger partial charge in [0.2, 0.25) is 0 Å². The van der Waals surface area contributed by atoms with Gasteiger partial charge in [-0.15, -0.1) is 17.5 Å². The van der Waals surface area contributed by atoms with Crippen molar-refractivity contribution in [2.24, 2.45) is 0 Å². The zero-order chi connectivity index (χ0) is 20.1. The second-order valence-electron chi connectivity index (χ2n) is 8.33. The summed E-state index contributed by atoms with van der Waals surface area (Å²) in [5.41, 5.74) is 1.18. The van der Waals surface area contributed by atoms with Crippen LogP contribution in [0.15, 0.2) is 24.3 Å². The highest BCUT2D eigenvalue weighted by molar-refractivity contribution is 5.85. The van der Waals surface area contributed by atoms with Gasteiger partial charge in [0.15, 0.2) is 5.82 Å². The van der Waals surface area contributed by atoms with E-state index in [0.29, 0.717) is 6.54 Å². The van der Waals surface area contributed by atoms with Crippen LogP contribution in [-0.4, -0.2) is 69.3 Å². The first-order valence-electron chi connectivity index (χ1n) is 11.2. The first-order chi connectivity index (χ1) is 14.3. The number of hydrogen-bond acceptors (Lipinski definition) is 6. The third-order valence-electron chi connectivity index (χ3n) is 6.62. The summed E-state index contributed by atoms with van der Waals surface area (Å²) in [7, 11) is 1.69. The number of nitrogens with zero attached hydrogens (tertiary/aromatic N) is 6. The van der Waals surface area contributed by atoms with Crippen LogP contribution in [-0.2, 0) is 6.54 Å². The van der Waals surface area contributed by atoms with E-state index in [1.165, 1.54) is 50.8 Å². The quantitative estimate of drug-likeness (QED) is 0.664. The predicted octanol–water partition coefficient (Wildman–Crippen LogP) is 3.55. The summed E-state index contributed by atoms with van der Waals surface area (Å²) >= 11 is 0. The third-order valence-corrected chi connectivity index (χ3v) is 6.62. The lowest BCUT2D eigenvalue weighted by molar-refractivity contribution is 0.0516. The molecule has 2 fully saturated rings. The smallest absolute Gasteiger partial charge is 0.168 e. The SMILES string of the molecule is CCC(c1nnnn1Cc1ccc(OC)cc1)N1CCN(C2CCCCC2)CC1.Cl. The maximum atomic E-state index is 5.26. The van der Waals surface area contributed by atoms with Crippen molar-refractivity contribution in [2.45, 2.75) is 64.1 Å². The molecule has 2 heterocycles. The van der Waals surface area contributed by atoms with E-state index in [2.05, 4.69) is 44.4 Å². The number of aromatic nitrogens is 4. The molecule has 1 aliphatic heterocycles.